The molecule has 0 saturated heterocycles. The van der Waals surface area contributed by atoms with Crippen molar-refractivity contribution in [2.45, 2.75) is 6.61 Å². The highest BCUT2D eigenvalue weighted by atomic mass is 31.1. The average Bonchev–Trinajstić information content (AvgIpc) is 2.26. The van der Waals surface area contributed by atoms with Gasteiger partial charge in [0, 0.05) is 5.39 Å². The molecule has 1 atom stereocenters. The molecule has 0 saturated carbocycles. The Balaban J connectivity index is 2.26. The summed E-state index contributed by atoms with van der Waals surface area (Å²) in [5.74, 6) is 0. The quantitative estimate of drug-likeness (QED) is 0.810. The molecule has 2 rings (SSSR count). The van der Waals surface area contributed by atoms with Crippen molar-refractivity contribution in [3.05, 3.63) is 42.1 Å². The lowest BCUT2D eigenvalue weighted by Gasteiger charge is -2.01. The Morgan fingerprint density at radius 1 is 1.27 bits per heavy atom. The molecule has 15 heavy (non-hydrogen) atoms. The van der Waals surface area contributed by atoms with Gasteiger partial charge in [0.05, 0.1) is 17.8 Å². The van der Waals surface area contributed by atoms with Crippen LogP contribution in [0.15, 0.2) is 36.4 Å². The van der Waals surface area contributed by atoms with E-state index in [0.717, 1.165) is 10.9 Å². The number of pyridine rings is 1. The first-order valence-electron chi connectivity index (χ1n) is 4.46. The van der Waals surface area contributed by atoms with E-state index < -0.39 is 8.25 Å². The normalized spacial score (nSPS) is 12.9. The van der Waals surface area contributed by atoms with E-state index in [-0.39, 0.29) is 6.61 Å². The topological polar surface area (TPSA) is 59.4 Å². The van der Waals surface area contributed by atoms with Gasteiger partial charge in [-0.05, 0) is 12.1 Å². The lowest BCUT2D eigenvalue weighted by molar-refractivity contribution is 0.269. The highest BCUT2D eigenvalue weighted by Gasteiger charge is 1.99. The standard InChI is InChI=1S/C10H10NO3P/c12-15(13)14-7-9-6-5-8-3-1-2-4-10(8)11-9/h1-6,15H,7H2,(H,12,13). The zero-order valence-corrected chi connectivity index (χ0v) is 8.88. The summed E-state index contributed by atoms with van der Waals surface area (Å²) in [6.45, 7) is 0.0686. The Morgan fingerprint density at radius 3 is 2.87 bits per heavy atom. The second kappa shape index (κ2) is 4.53. The van der Waals surface area contributed by atoms with Crippen molar-refractivity contribution < 1.29 is 14.0 Å². The van der Waals surface area contributed by atoms with Crippen LogP contribution in [-0.4, -0.2) is 9.88 Å². The van der Waals surface area contributed by atoms with E-state index in [0.29, 0.717) is 5.69 Å². The molecule has 1 N–H and O–H groups in total. The third kappa shape index (κ3) is 2.63. The van der Waals surface area contributed by atoms with Gasteiger partial charge >= 0.3 is 8.25 Å². The molecule has 0 aliphatic carbocycles. The maximum atomic E-state index is 10.4. The second-order valence-electron chi connectivity index (χ2n) is 3.05. The maximum absolute atomic E-state index is 10.4. The summed E-state index contributed by atoms with van der Waals surface area (Å²) in [7, 11) is -2.87. The summed E-state index contributed by atoms with van der Waals surface area (Å²) in [4.78, 5) is 12.8. The number of nitrogens with zero attached hydrogens (tertiary/aromatic N) is 1. The molecule has 0 fully saturated rings. The minimum atomic E-state index is -2.87. The van der Waals surface area contributed by atoms with Gasteiger partial charge in [-0.3, -0.25) is 9.55 Å². The van der Waals surface area contributed by atoms with Gasteiger partial charge in [0.2, 0.25) is 0 Å². The summed E-state index contributed by atoms with van der Waals surface area (Å²) in [5, 5.41) is 1.04. The van der Waals surface area contributed by atoms with Gasteiger partial charge < -0.3 is 9.42 Å². The molecule has 0 amide bonds. The van der Waals surface area contributed by atoms with Crippen molar-refractivity contribution in [3.8, 4) is 0 Å². The molecule has 78 valence electrons. The Kier molecular flexibility index (Phi) is 3.11. The third-order valence-corrected chi connectivity index (χ3v) is 2.39. The van der Waals surface area contributed by atoms with E-state index in [9.17, 15) is 4.57 Å². The first-order valence-corrected chi connectivity index (χ1v) is 5.72. The lowest BCUT2D eigenvalue weighted by atomic mass is 10.2. The number of benzene rings is 1. The van der Waals surface area contributed by atoms with E-state index in [1.807, 2.05) is 30.3 Å². The smallest absolute Gasteiger partial charge is 0.316 e. The van der Waals surface area contributed by atoms with Crippen LogP contribution in [0.4, 0.5) is 0 Å². The number of aromatic nitrogens is 1. The van der Waals surface area contributed by atoms with Gasteiger partial charge in [-0.25, -0.2) is 0 Å². The lowest BCUT2D eigenvalue weighted by Crippen LogP contribution is -1.91. The van der Waals surface area contributed by atoms with Crippen molar-refractivity contribution in [1.29, 1.82) is 0 Å². The zero-order chi connectivity index (χ0) is 10.7. The van der Waals surface area contributed by atoms with Crippen molar-refractivity contribution >= 4 is 19.2 Å². The predicted octanol–water partition coefficient (Wildman–Crippen LogP) is 2.13. The van der Waals surface area contributed by atoms with Gasteiger partial charge in [0.15, 0.2) is 0 Å². The van der Waals surface area contributed by atoms with Crippen molar-refractivity contribution in [2.24, 2.45) is 0 Å². The average molecular weight is 223 g/mol. The number of hydrogen-bond acceptors (Lipinski definition) is 3. The Hall–Kier alpha value is -1.22. The largest absolute Gasteiger partial charge is 0.326 e. The van der Waals surface area contributed by atoms with Gasteiger partial charge in [0.1, 0.15) is 0 Å². The number of rotatable bonds is 3. The summed E-state index contributed by atoms with van der Waals surface area (Å²) in [6.07, 6.45) is 0. The molecule has 1 heterocycles. The van der Waals surface area contributed by atoms with Crippen LogP contribution < -0.4 is 0 Å². The fourth-order valence-electron chi connectivity index (χ4n) is 1.32. The van der Waals surface area contributed by atoms with E-state index in [1.165, 1.54) is 0 Å². The molecule has 0 spiro atoms. The van der Waals surface area contributed by atoms with Gasteiger partial charge in [-0.1, -0.05) is 24.3 Å². The maximum Gasteiger partial charge on any atom is 0.316 e. The Bertz CT molecular complexity index is 501. The Morgan fingerprint density at radius 2 is 2.07 bits per heavy atom. The number of para-hydroxylation sites is 1. The molecule has 1 unspecified atom stereocenters. The SMILES string of the molecule is O=[PH](O)OCc1ccc2ccccc2n1. The zero-order valence-electron chi connectivity index (χ0n) is 7.88. The van der Waals surface area contributed by atoms with E-state index in [4.69, 9.17) is 4.89 Å². The molecule has 0 radical (unpaired) electrons. The predicted molar refractivity (Wildman–Crippen MR) is 57.8 cm³/mol. The summed E-state index contributed by atoms with van der Waals surface area (Å²) < 4.78 is 15.0. The number of fused-ring (bicyclic) bond motifs is 1. The minimum Gasteiger partial charge on any atom is -0.326 e. The second-order valence-corrected chi connectivity index (χ2v) is 3.87. The van der Waals surface area contributed by atoms with E-state index >= 15 is 0 Å². The van der Waals surface area contributed by atoms with E-state index in [2.05, 4.69) is 9.51 Å². The first kappa shape index (κ1) is 10.3. The molecule has 0 aliphatic rings. The summed E-state index contributed by atoms with van der Waals surface area (Å²) >= 11 is 0. The van der Waals surface area contributed by atoms with Crippen LogP contribution in [0.25, 0.3) is 10.9 Å². The van der Waals surface area contributed by atoms with Crippen molar-refractivity contribution in [3.63, 3.8) is 0 Å². The third-order valence-electron chi connectivity index (χ3n) is 2.00. The highest BCUT2D eigenvalue weighted by Crippen LogP contribution is 2.18. The highest BCUT2D eigenvalue weighted by molar-refractivity contribution is 7.32. The monoisotopic (exact) mass is 223 g/mol. The van der Waals surface area contributed by atoms with Gasteiger partial charge in [-0.2, -0.15) is 0 Å². The molecule has 2 aromatic rings. The molecule has 0 bridgehead atoms. The molecule has 1 aromatic carbocycles. The number of hydrogen-bond donors (Lipinski definition) is 1. The molecule has 5 heteroatoms. The van der Waals surface area contributed by atoms with E-state index in [1.54, 1.807) is 6.07 Å². The minimum absolute atomic E-state index is 0.0686. The fourth-order valence-corrected chi connectivity index (χ4v) is 1.60. The fraction of sp³-hybridized carbons (Fsp3) is 0.100. The molecular weight excluding hydrogens is 213 g/mol. The molecular formula is C10H10NO3P. The van der Waals surface area contributed by atoms with Crippen LogP contribution in [0.5, 0.6) is 0 Å². The van der Waals surface area contributed by atoms with Crippen LogP contribution in [0.1, 0.15) is 5.69 Å². The van der Waals surface area contributed by atoms with Crippen LogP contribution >= 0.6 is 8.25 Å². The summed E-state index contributed by atoms with van der Waals surface area (Å²) in [5.41, 5.74) is 1.51. The van der Waals surface area contributed by atoms with Crippen LogP contribution in [0.3, 0.4) is 0 Å². The molecule has 0 aliphatic heterocycles. The Labute approximate surface area is 87.5 Å². The molecule has 4 nitrogen and oxygen atoms in total. The summed E-state index contributed by atoms with van der Waals surface area (Å²) in [6, 6.07) is 11.4. The first-order chi connectivity index (χ1) is 7.25. The molecule has 1 aromatic heterocycles. The van der Waals surface area contributed by atoms with Gasteiger partial charge in [-0.15, -0.1) is 0 Å². The van der Waals surface area contributed by atoms with Crippen molar-refractivity contribution in [2.75, 3.05) is 0 Å². The van der Waals surface area contributed by atoms with Crippen molar-refractivity contribution in [1.82, 2.24) is 4.98 Å². The van der Waals surface area contributed by atoms with Crippen LogP contribution in [0, 0.1) is 0 Å². The van der Waals surface area contributed by atoms with Gasteiger partial charge in [0.25, 0.3) is 0 Å². The van der Waals surface area contributed by atoms with Crippen LogP contribution in [-0.2, 0) is 15.7 Å². The van der Waals surface area contributed by atoms with Crippen LogP contribution in [0.2, 0.25) is 0 Å².